The third-order valence-electron chi connectivity index (χ3n) is 8.37. The first-order valence-electron chi connectivity index (χ1n) is 15.5. The van der Waals surface area contributed by atoms with Crippen LogP contribution in [0.4, 0.5) is 10.1 Å². The molecule has 1 aliphatic rings. The van der Waals surface area contributed by atoms with Gasteiger partial charge in [-0.3, -0.25) is 15.0 Å². The van der Waals surface area contributed by atoms with Crippen LogP contribution in [0.1, 0.15) is 64.9 Å². The van der Waals surface area contributed by atoms with Crippen LogP contribution in [0.5, 0.6) is 0 Å². The Balaban J connectivity index is 0.00000226. The number of allylic oxidation sites excluding steroid dienone is 1. The van der Waals surface area contributed by atoms with E-state index in [1.54, 1.807) is 43.6 Å². The van der Waals surface area contributed by atoms with E-state index in [-0.39, 0.29) is 28.9 Å². The number of aryl methyl sites for hydroxylation is 3. The first-order chi connectivity index (χ1) is 21.6. The lowest BCUT2D eigenvalue weighted by molar-refractivity contribution is 0.0701. The fourth-order valence-electron chi connectivity index (χ4n) is 5.78. The van der Waals surface area contributed by atoms with E-state index < -0.39 is 0 Å². The average molecular weight is 607 g/mol. The molecule has 45 heavy (non-hydrogen) atoms. The number of halogens is 1. The first-order valence-corrected chi connectivity index (χ1v) is 15.5. The number of anilines is 1. The molecule has 234 valence electrons. The number of amides is 1. The lowest BCUT2D eigenvalue weighted by Gasteiger charge is -2.38. The van der Waals surface area contributed by atoms with Crippen LogP contribution in [-0.4, -0.2) is 34.2 Å². The first kappa shape index (κ1) is 33.1. The summed E-state index contributed by atoms with van der Waals surface area (Å²) in [5, 5.41) is 8.63. The summed E-state index contributed by atoms with van der Waals surface area (Å²) < 4.78 is 15.5. The van der Waals surface area contributed by atoms with Gasteiger partial charge in [0.05, 0.1) is 5.71 Å². The second-order valence-electron chi connectivity index (χ2n) is 11.3. The molecule has 4 aromatic rings. The predicted octanol–water partition coefficient (Wildman–Crippen LogP) is 7.66. The Bertz CT molecular complexity index is 1750. The number of benzene rings is 3. The van der Waals surface area contributed by atoms with Crippen LogP contribution in [0.3, 0.4) is 0 Å². The average Bonchev–Trinajstić information content (AvgIpc) is 3.05. The minimum Gasteiger partial charge on any atom is -0.341 e. The van der Waals surface area contributed by atoms with Crippen molar-refractivity contribution in [1.82, 2.24) is 9.47 Å². The Morgan fingerprint density at radius 1 is 0.933 bits per heavy atom. The number of rotatable bonds is 8. The van der Waals surface area contributed by atoms with Crippen molar-refractivity contribution in [2.24, 2.45) is 13.0 Å². The molecule has 1 saturated heterocycles. The minimum absolute atomic E-state index is 0.0330. The predicted molar refractivity (Wildman–Crippen MR) is 182 cm³/mol. The standard InChI is InChI=1S/C36H37FN4O2.C2H6/c1-24-8-5-6-11-33(24)41(23-27-9-7-10-31(37)21-27)26(3)28-15-18-40(19-16-28)36(43)30-12-13-32(25(2)20-30)35(38)29-14-17-39(4)34(42)22-29;1-2/h5-14,17,20-22,28,38H,3,15-16,18-19,23H2,1-2,4H3;1-2H3. The van der Waals surface area contributed by atoms with E-state index in [0.717, 1.165) is 40.9 Å². The Labute approximate surface area is 266 Å². The SMILES string of the molecule is C=C(C1CCN(C(=O)c2ccc(C(=N)c3ccn(C)c(=O)c3)c(C)c2)CC1)N(Cc1cccc(F)c1)c1ccccc1C.CC. The molecule has 0 atom stereocenters. The van der Waals surface area contributed by atoms with E-state index in [1.807, 2.05) is 49.9 Å². The summed E-state index contributed by atoms with van der Waals surface area (Å²) in [6, 6.07) is 23.4. The van der Waals surface area contributed by atoms with Crippen molar-refractivity contribution < 1.29 is 9.18 Å². The number of carbonyl (C=O) groups is 1. The zero-order chi connectivity index (χ0) is 32.7. The third kappa shape index (κ3) is 7.66. The van der Waals surface area contributed by atoms with Crippen LogP contribution in [-0.2, 0) is 13.6 Å². The molecule has 0 bridgehead atoms. The van der Waals surface area contributed by atoms with Crippen molar-refractivity contribution >= 4 is 17.3 Å². The highest BCUT2D eigenvalue weighted by molar-refractivity contribution is 6.12. The molecule has 0 unspecified atom stereocenters. The Hall–Kier alpha value is -4.78. The summed E-state index contributed by atoms with van der Waals surface area (Å²) in [5.41, 5.74) is 6.73. The second-order valence-corrected chi connectivity index (χ2v) is 11.3. The molecule has 2 heterocycles. The van der Waals surface area contributed by atoms with E-state index in [9.17, 15) is 14.0 Å². The smallest absolute Gasteiger partial charge is 0.253 e. The fourth-order valence-corrected chi connectivity index (χ4v) is 5.78. The van der Waals surface area contributed by atoms with Crippen LogP contribution in [0.25, 0.3) is 0 Å². The highest BCUT2D eigenvalue weighted by atomic mass is 19.1. The summed E-state index contributed by atoms with van der Waals surface area (Å²) in [6.07, 6.45) is 3.21. The second kappa shape index (κ2) is 14.8. The van der Waals surface area contributed by atoms with Gasteiger partial charge in [-0.15, -0.1) is 0 Å². The molecule has 0 aliphatic carbocycles. The number of piperidine rings is 1. The van der Waals surface area contributed by atoms with Crippen LogP contribution >= 0.6 is 0 Å². The van der Waals surface area contributed by atoms with Gasteiger partial charge in [0.25, 0.3) is 11.5 Å². The quantitative estimate of drug-likeness (QED) is 0.210. The number of hydrogen-bond acceptors (Lipinski definition) is 4. The molecule has 0 spiro atoms. The molecular formula is C38H43FN4O2. The minimum atomic E-state index is -0.259. The molecule has 1 aliphatic heterocycles. The maximum atomic E-state index is 14.0. The topological polar surface area (TPSA) is 69.4 Å². The summed E-state index contributed by atoms with van der Waals surface area (Å²) in [6.45, 7) is 14.2. The van der Waals surface area contributed by atoms with E-state index >= 15 is 0 Å². The lowest BCUT2D eigenvalue weighted by atomic mass is 9.91. The van der Waals surface area contributed by atoms with Gasteiger partial charge < -0.3 is 14.4 Å². The molecule has 3 aromatic carbocycles. The van der Waals surface area contributed by atoms with Crippen LogP contribution in [0.15, 0.2) is 102 Å². The number of nitrogens with one attached hydrogen (secondary N) is 1. The molecular weight excluding hydrogens is 563 g/mol. The fraction of sp³-hybridized carbons (Fsp3) is 0.289. The summed E-state index contributed by atoms with van der Waals surface area (Å²) >= 11 is 0. The van der Waals surface area contributed by atoms with Crippen LogP contribution in [0.2, 0.25) is 0 Å². The van der Waals surface area contributed by atoms with Gasteiger partial charge in [0.1, 0.15) is 5.82 Å². The largest absolute Gasteiger partial charge is 0.341 e. The molecule has 0 saturated carbocycles. The number of carbonyl (C=O) groups excluding carboxylic acids is 1. The summed E-state index contributed by atoms with van der Waals surface area (Å²) in [4.78, 5) is 29.6. The maximum absolute atomic E-state index is 14.0. The molecule has 7 heteroatoms. The Morgan fingerprint density at radius 2 is 1.64 bits per heavy atom. The van der Waals surface area contributed by atoms with Gasteiger partial charge >= 0.3 is 0 Å². The van der Waals surface area contributed by atoms with Gasteiger partial charge in [-0.05, 0) is 79.8 Å². The van der Waals surface area contributed by atoms with Crippen LogP contribution in [0, 0.1) is 31.0 Å². The van der Waals surface area contributed by atoms with Crippen molar-refractivity contribution in [3.8, 4) is 0 Å². The Morgan fingerprint density at radius 3 is 2.29 bits per heavy atom. The third-order valence-corrected chi connectivity index (χ3v) is 8.37. The molecule has 0 radical (unpaired) electrons. The van der Waals surface area contributed by atoms with Gasteiger partial charge in [-0.2, -0.15) is 0 Å². The van der Waals surface area contributed by atoms with Gasteiger partial charge in [-0.25, -0.2) is 4.39 Å². The Kier molecular flexibility index (Phi) is 10.9. The highest BCUT2D eigenvalue weighted by Gasteiger charge is 2.28. The lowest BCUT2D eigenvalue weighted by Crippen LogP contribution is -2.40. The van der Waals surface area contributed by atoms with Crippen LogP contribution < -0.4 is 10.5 Å². The zero-order valence-corrected chi connectivity index (χ0v) is 26.9. The molecule has 6 nitrogen and oxygen atoms in total. The molecule has 5 rings (SSSR count). The van der Waals surface area contributed by atoms with E-state index in [4.69, 9.17) is 5.41 Å². The van der Waals surface area contributed by atoms with Gasteiger partial charge in [0, 0.05) is 72.9 Å². The monoisotopic (exact) mass is 606 g/mol. The number of nitrogens with zero attached hydrogens (tertiary/aromatic N) is 3. The molecule has 1 N–H and O–H groups in total. The molecule has 1 aromatic heterocycles. The highest BCUT2D eigenvalue weighted by Crippen LogP contribution is 2.33. The van der Waals surface area contributed by atoms with Crippen molar-refractivity contribution in [1.29, 1.82) is 5.41 Å². The van der Waals surface area contributed by atoms with E-state index in [2.05, 4.69) is 30.5 Å². The van der Waals surface area contributed by atoms with Gasteiger partial charge in [-0.1, -0.05) is 56.8 Å². The summed E-state index contributed by atoms with van der Waals surface area (Å²) in [7, 11) is 1.67. The van der Waals surface area contributed by atoms with E-state index in [0.29, 0.717) is 36.3 Å². The number of pyridine rings is 1. The number of aromatic nitrogens is 1. The van der Waals surface area contributed by atoms with Gasteiger partial charge in [0.2, 0.25) is 0 Å². The molecule has 1 amide bonds. The van der Waals surface area contributed by atoms with E-state index in [1.165, 1.54) is 16.7 Å². The van der Waals surface area contributed by atoms with Crippen molar-refractivity contribution in [2.75, 3.05) is 18.0 Å². The van der Waals surface area contributed by atoms with Crippen molar-refractivity contribution in [2.45, 2.75) is 47.1 Å². The normalized spacial score (nSPS) is 13.1. The number of para-hydroxylation sites is 1. The van der Waals surface area contributed by atoms with Gasteiger partial charge in [0.15, 0.2) is 0 Å². The molecule has 1 fully saturated rings. The number of likely N-dealkylation sites (tertiary alicyclic amines) is 1. The maximum Gasteiger partial charge on any atom is 0.253 e. The van der Waals surface area contributed by atoms with Crippen molar-refractivity contribution in [3.05, 3.63) is 147 Å². The zero-order valence-electron chi connectivity index (χ0n) is 26.9. The number of hydrogen-bond donors (Lipinski definition) is 1. The van der Waals surface area contributed by atoms with Crippen molar-refractivity contribution in [3.63, 3.8) is 0 Å². The summed E-state index contributed by atoms with van der Waals surface area (Å²) in [5.74, 6) is -0.111.